The number of aromatic carboxylic acids is 1. The summed E-state index contributed by atoms with van der Waals surface area (Å²) in [5.41, 5.74) is 0.584. The maximum atomic E-state index is 11.2. The monoisotopic (exact) mass is 292 g/mol. The number of rotatable bonds is 5. The minimum atomic E-state index is -1.01. The Morgan fingerprint density at radius 3 is 2.90 bits per heavy atom. The van der Waals surface area contributed by atoms with E-state index in [1.165, 1.54) is 25.4 Å². The Hall–Kier alpha value is -1.49. The summed E-state index contributed by atoms with van der Waals surface area (Å²) in [6.07, 6.45) is 6.35. The van der Waals surface area contributed by atoms with Crippen molar-refractivity contribution in [3.8, 4) is 0 Å². The Morgan fingerprint density at radius 1 is 1.48 bits per heavy atom. The van der Waals surface area contributed by atoms with E-state index < -0.39 is 5.97 Å². The van der Waals surface area contributed by atoms with Crippen LogP contribution < -0.4 is 0 Å². The van der Waals surface area contributed by atoms with E-state index in [1.54, 1.807) is 0 Å². The lowest BCUT2D eigenvalue weighted by atomic mass is 9.75. The Balaban J connectivity index is 2.05. The maximum absolute atomic E-state index is 11.2. The first-order chi connectivity index (χ1) is 9.99. The molecule has 1 N–H and O–H groups in total. The van der Waals surface area contributed by atoms with Gasteiger partial charge in [-0.15, -0.1) is 0 Å². The quantitative estimate of drug-likeness (QED) is 0.902. The molecule has 0 radical (unpaired) electrons. The average Bonchev–Trinajstić information content (AvgIpc) is 2.45. The molecular formula is C16H24N2O3. The highest BCUT2D eigenvalue weighted by Crippen LogP contribution is 2.35. The number of carbonyl (C=O) groups is 1. The normalized spacial score (nSPS) is 26.0. The number of aromatic nitrogens is 2. The van der Waals surface area contributed by atoms with E-state index in [1.807, 2.05) is 0 Å². The molecule has 0 aromatic carbocycles. The van der Waals surface area contributed by atoms with Gasteiger partial charge in [0.05, 0.1) is 18.4 Å². The van der Waals surface area contributed by atoms with E-state index >= 15 is 0 Å². The molecule has 1 aliphatic carbocycles. The second-order valence-electron chi connectivity index (χ2n) is 6.36. The summed E-state index contributed by atoms with van der Waals surface area (Å²) >= 11 is 0. The third-order valence-corrected chi connectivity index (χ3v) is 4.42. The average molecular weight is 292 g/mol. The van der Waals surface area contributed by atoms with Crippen LogP contribution in [0.4, 0.5) is 0 Å². The molecule has 1 heterocycles. The topological polar surface area (TPSA) is 72.3 Å². The van der Waals surface area contributed by atoms with Crippen molar-refractivity contribution < 1.29 is 14.6 Å². The van der Waals surface area contributed by atoms with Gasteiger partial charge < -0.3 is 9.84 Å². The van der Waals surface area contributed by atoms with Crippen molar-refractivity contribution in [2.75, 3.05) is 0 Å². The molecule has 0 saturated heterocycles. The van der Waals surface area contributed by atoms with Crippen molar-refractivity contribution in [1.82, 2.24) is 9.97 Å². The highest BCUT2D eigenvalue weighted by molar-refractivity contribution is 5.88. The van der Waals surface area contributed by atoms with Gasteiger partial charge in [-0.05, 0) is 30.6 Å². The van der Waals surface area contributed by atoms with Crippen LogP contribution in [0.3, 0.4) is 0 Å². The van der Waals surface area contributed by atoms with E-state index in [0.717, 1.165) is 6.42 Å². The number of hydrogen-bond donors (Lipinski definition) is 1. The molecule has 0 bridgehead atoms. The zero-order valence-corrected chi connectivity index (χ0v) is 13.0. The molecule has 2 rings (SSSR count). The summed E-state index contributed by atoms with van der Waals surface area (Å²) < 4.78 is 6.05. The lowest BCUT2D eigenvalue weighted by Crippen LogP contribution is -2.34. The molecule has 1 aromatic heterocycles. The fourth-order valence-electron chi connectivity index (χ4n) is 3.14. The highest BCUT2D eigenvalue weighted by atomic mass is 16.5. The molecule has 5 heteroatoms. The van der Waals surface area contributed by atoms with Crippen LogP contribution in [0.15, 0.2) is 12.5 Å². The van der Waals surface area contributed by atoms with E-state index in [0.29, 0.717) is 23.4 Å². The predicted octanol–water partition coefficient (Wildman–Crippen LogP) is 3.15. The minimum absolute atomic E-state index is 0.127. The van der Waals surface area contributed by atoms with Crippen molar-refractivity contribution in [1.29, 1.82) is 0 Å². The molecule has 0 aliphatic heterocycles. The first kappa shape index (κ1) is 15.9. The third kappa shape index (κ3) is 4.00. The molecule has 1 fully saturated rings. The van der Waals surface area contributed by atoms with Crippen LogP contribution in [0.25, 0.3) is 0 Å². The van der Waals surface area contributed by atoms with Crippen LogP contribution in [0, 0.1) is 17.8 Å². The molecular weight excluding hydrogens is 268 g/mol. The molecule has 21 heavy (non-hydrogen) atoms. The summed E-state index contributed by atoms with van der Waals surface area (Å²) in [6.45, 7) is 6.94. The Morgan fingerprint density at radius 2 is 2.24 bits per heavy atom. The summed E-state index contributed by atoms with van der Waals surface area (Å²) in [6, 6.07) is 0. The second-order valence-corrected chi connectivity index (χ2v) is 6.36. The first-order valence-corrected chi connectivity index (χ1v) is 7.62. The lowest BCUT2D eigenvalue weighted by Gasteiger charge is -2.37. The van der Waals surface area contributed by atoms with Crippen molar-refractivity contribution in [2.45, 2.75) is 52.7 Å². The van der Waals surface area contributed by atoms with Crippen molar-refractivity contribution in [2.24, 2.45) is 17.8 Å². The van der Waals surface area contributed by atoms with Crippen molar-refractivity contribution in [3.63, 3.8) is 0 Å². The van der Waals surface area contributed by atoms with E-state index in [2.05, 4.69) is 30.7 Å². The van der Waals surface area contributed by atoms with Crippen LogP contribution in [0.1, 0.15) is 56.1 Å². The van der Waals surface area contributed by atoms with Gasteiger partial charge in [-0.2, -0.15) is 0 Å². The summed E-state index contributed by atoms with van der Waals surface area (Å²) in [5.74, 6) is 0.768. The minimum Gasteiger partial charge on any atom is -0.478 e. The lowest BCUT2D eigenvalue weighted by molar-refractivity contribution is -0.0486. The largest absolute Gasteiger partial charge is 0.478 e. The second kappa shape index (κ2) is 6.98. The third-order valence-electron chi connectivity index (χ3n) is 4.42. The molecule has 5 nitrogen and oxygen atoms in total. The summed E-state index contributed by atoms with van der Waals surface area (Å²) in [4.78, 5) is 19.0. The van der Waals surface area contributed by atoms with Gasteiger partial charge in [0.15, 0.2) is 0 Å². The number of nitrogens with zero attached hydrogens (tertiary/aromatic N) is 2. The van der Waals surface area contributed by atoms with Gasteiger partial charge >= 0.3 is 5.97 Å². The van der Waals surface area contributed by atoms with Gasteiger partial charge in [0.2, 0.25) is 0 Å². The van der Waals surface area contributed by atoms with Gasteiger partial charge in [-0.25, -0.2) is 14.8 Å². The molecule has 1 saturated carbocycles. The fourth-order valence-corrected chi connectivity index (χ4v) is 3.14. The summed E-state index contributed by atoms with van der Waals surface area (Å²) in [7, 11) is 0. The van der Waals surface area contributed by atoms with Crippen LogP contribution >= 0.6 is 0 Å². The smallest absolute Gasteiger partial charge is 0.339 e. The zero-order valence-electron chi connectivity index (χ0n) is 13.0. The van der Waals surface area contributed by atoms with Crippen LogP contribution in [-0.2, 0) is 11.3 Å². The molecule has 1 aromatic rings. The van der Waals surface area contributed by atoms with E-state index in [4.69, 9.17) is 9.84 Å². The number of carboxylic acids is 1. The van der Waals surface area contributed by atoms with Gasteiger partial charge in [0.1, 0.15) is 11.9 Å². The Labute approximate surface area is 125 Å². The van der Waals surface area contributed by atoms with Crippen LogP contribution in [-0.4, -0.2) is 27.1 Å². The van der Waals surface area contributed by atoms with Gasteiger partial charge in [-0.3, -0.25) is 0 Å². The molecule has 3 unspecified atom stereocenters. The summed E-state index contributed by atoms with van der Waals surface area (Å²) in [5, 5.41) is 9.15. The Kier molecular flexibility index (Phi) is 5.28. The molecule has 3 atom stereocenters. The maximum Gasteiger partial charge on any atom is 0.339 e. The van der Waals surface area contributed by atoms with Gasteiger partial charge in [-0.1, -0.05) is 27.2 Å². The number of carboxylic acid groups (broad SMARTS) is 1. The standard InChI is InChI=1S/C16H24N2O3/c1-10(2)12-5-4-11(3)6-15(12)21-8-14-13(16(19)20)7-17-9-18-14/h7,9-12,15H,4-6,8H2,1-3H3,(H,19,20). The molecule has 0 spiro atoms. The SMILES string of the molecule is CC1CCC(C(C)C)C(OCc2ncncc2C(=O)O)C1. The van der Waals surface area contributed by atoms with E-state index in [-0.39, 0.29) is 18.3 Å². The Bertz CT molecular complexity index is 490. The zero-order chi connectivity index (χ0) is 15.4. The van der Waals surface area contributed by atoms with Gasteiger partial charge in [0, 0.05) is 6.20 Å². The number of ether oxygens (including phenoxy) is 1. The van der Waals surface area contributed by atoms with E-state index in [9.17, 15) is 4.79 Å². The first-order valence-electron chi connectivity index (χ1n) is 7.62. The molecule has 1 aliphatic rings. The van der Waals surface area contributed by atoms with Gasteiger partial charge in [0.25, 0.3) is 0 Å². The molecule has 116 valence electrons. The number of hydrogen-bond acceptors (Lipinski definition) is 4. The fraction of sp³-hybridized carbons (Fsp3) is 0.688. The van der Waals surface area contributed by atoms with Crippen molar-refractivity contribution in [3.05, 3.63) is 23.8 Å². The molecule has 0 amide bonds. The highest BCUT2D eigenvalue weighted by Gasteiger charge is 2.31. The van der Waals surface area contributed by atoms with Crippen LogP contribution in [0.5, 0.6) is 0 Å². The van der Waals surface area contributed by atoms with Crippen LogP contribution in [0.2, 0.25) is 0 Å². The predicted molar refractivity (Wildman–Crippen MR) is 78.9 cm³/mol. The van der Waals surface area contributed by atoms with Crippen molar-refractivity contribution >= 4 is 5.97 Å².